The first-order chi connectivity index (χ1) is 11.7. The van der Waals surface area contributed by atoms with Crippen LogP contribution in [-0.4, -0.2) is 35.4 Å². The van der Waals surface area contributed by atoms with Gasteiger partial charge < -0.3 is 4.90 Å². The lowest BCUT2D eigenvalue weighted by Crippen LogP contribution is -2.25. The Kier molecular flexibility index (Phi) is 4.60. The number of nitrogens with zero attached hydrogens (tertiary/aromatic N) is 3. The first kappa shape index (κ1) is 17.5. The number of sulfone groups is 1. The molecule has 1 aromatic heterocycles. The van der Waals surface area contributed by atoms with E-state index < -0.39 is 9.84 Å². The maximum Gasteiger partial charge on any atom is 0.254 e. The monoisotopic (exact) mass is 359 g/mol. The second-order valence-corrected chi connectivity index (χ2v) is 8.83. The molecule has 7 heteroatoms. The van der Waals surface area contributed by atoms with Crippen LogP contribution in [0.15, 0.2) is 35.4 Å². The molecule has 0 fully saturated rings. The van der Waals surface area contributed by atoms with Gasteiger partial charge in [0.25, 0.3) is 5.91 Å². The van der Waals surface area contributed by atoms with Crippen LogP contribution in [0.4, 0.5) is 0 Å². The molecule has 2 heterocycles. The van der Waals surface area contributed by atoms with Crippen LogP contribution in [0.25, 0.3) is 0 Å². The lowest BCUT2D eigenvalue weighted by atomic mass is 10.1. The van der Waals surface area contributed by atoms with E-state index in [9.17, 15) is 13.2 Å². The van der Waals surface area contributed by atoms with E-state index in [2.05, 4.69) is 23.8 Å². The second-order valence-electron chi connectivity index (χ2n) is 6.81. The predicted octanol–water partition coefficient (Wildman–Crippen LogP) is 2.23. The summed E-state index contributed by atoms with van der Waals surface area (Å²) in [4.78, 5) is 23.5. The molecule has 0 atom stereocenters. The van der Waals surface area contributed by atoms with Crippen molar-refractivity contribution in [3.8, 4) is 0 Å². The van der Waals surface area contributed by atoms with E-state index in [1.54, 1.807) is 23.2 Å². The summed E-state index contributed by atoms with van der Waals surface area (Å²) in [6, 6.07) is 6.04. The van der Waals surface area contributed by atoms with Crippen molar-refractivity contribution in [1.29, 1.82) is 0 Å². The first-order valence-corrected chi connectivity index (χ1v) is 10.1. The zero-order valence-electron chi connectivity index (χ0n) is 14.6. The summed E-state index contributed by atoms with van der Waals surface area (Å²) in [6.07, 6.45) is 3.77. The van der Waals surface area contributed by atoms with E-state index in [1.807, 2.05) is 0 Å². The van der Waals surface area contributed by atoms with Crippen LogP contribution in [0.1, 0.15) is 41.3 Å². The highest BCUT2D eigenvalue weighted by atomic mass is 32.2. The highest BCUT2D eigenvalue weighted by Crippen LogP contribution is 2.23. The number of hydrogen-bond acceptors (Lipinski definition) is 5. The van der Waals surface area contributed by atoms with Crippen LogP contribution < -0.4 is 0 Å². The number of fused-ring (bicyclic) bond motifs is 1. The minimum atomic E-state index is -3.27. The van der Waals surface area contributed by atoms with Gasteiger partial charge in [-0.15, -0.1) is 0 Å². The van der Waals surface area contributed by atoms with Crippen molar-refractivity contribution in [3.63, 3.8) is 0 Å². The molecular weight excluding hydrogens is 338 g/mol. The predicted molar refractivity (Wildman–Crippen MR) is 93.7 cm³/mol. The molecule has 0 aliphatic carbocycles. The molecule has 1 amide bonds. The van der Waals surface area contributed by atoms with Gasteiger partial charge in [-0.3, -0.25) is 4.79 Å². The summed E-state index contributed by atoms with van der Waals surface area (Å²) in [5.41, 5.74) is 2.33. The molecule has 3 rings (SSSR count). The molecule has 0 bridgehead atoms. The molecule has 0 radical (unpaired) electrons. The SMILES string of the molecule is CC(C)Cc1ncc2c(n1)CN(C(=O)c1ccc(S(C)(=O)=O)cc1)C2. The molecule has 0 spiro atoms. The standard InChI is InChI=1S/C18H21N3O3S/c1-12(2)8-17-19-9-14-10-21(11-16(14)20-17)18(22)13-4-6-15(7-5-13)25(3,23)24/h4-7,9,12H,8,10-11H2,1-3H3. The van der Waals surface area contributed by atoms with Gasteiger partial charge in [-0.1, -0.05) is 13.8 Å². The summed E-state index contributed by atoms with van der Waals surface area (Å²) in [5.74, 6) is 1.15. The molecule has 1 aliphatic rings. The Morgan fingerprint density at radius 3 is 2.48 bits per heavy atom. The van der Waals surface area contributed by atoms with Gasteiger partial charge in [-0.2, -0.15) is 0 Å². The van der Waals surface area contributed by atoms with E-state index >= 15 is 0 Å². The van der Waals surface area contributed by atoms with Gasteiger partial charge in [-0.05, 0) is 30.2 Å². The molecule has 1 aromatic carbocycles. The lowest BCUT2D eigenvalue weighted by molar-refractivity contribution is 0.0750. The third-order valence-electron chi connectivity index (χ3n) is 4.11. The van der Waals surface area contributed by atoms with Crippen LogP contribution in [-0.2, 0) is 29.3 Å². The third kappa shape index (κ3) is 3.87. The number of carbonyl (C=O) groups excluding carboxylic acids is 1. The summed E-state index contributed by atoms with van der Waals surface area (Å²) in [6.45, 7) is 5.17. The van der Waals surface area contributed by atoms with Gasteiger partial charge in [0.15, 0.2) is 9.84 Å². The average molecular weight is 359 g/mol. The van der Waals surface area contributed by atoms with Crippen molar-refractivity contribution in [2.75, 3.05) is 6.26 Å². The van der Waals surface area contributed by atoms with Crippen molar-refractivity contribution in [2.24, 2.45) is 5.92 Å². The maximum atomic E-state index is 12.7. The smallest absolute Gasteiger partial charge is 0.254 e. The van der Waals surface area contributed by atoms with Crippen molar-refractivity contribution >= 4 is 15.7 Å². The Morgan fingerprint density at radius 1 is 1.20 bits per heavy atom. The van der Waals surface area contributed by atoms with E-state index in [-0.39, 0.29) is 10.8 Å². The van der Waals surface area contributed by atoms with Crippen LogP contribution >= 0.6 is 0 Å². The third-order valence-corrected chi connectivity index (χ3v) is 5.24. The fourth-order valence-corrected chi connectivity index (χ4v) is 3.46. The molecule has 132 valence electrons. The number of benzene rings is 1. The minimum absolute atomic E-state index is 0.136. The topological polar surface area (TPSA) is 80.2 Å². The molecule has 25 heavy (non-hydrogen) atoms. The number of hydrogen-bond donors (Lipinski definition) is 0. The van der Waals surface area contributed by atoms with Crippen molar-refractivity contribution in [1.82, 2.24) is 14.9 Å². The van der Waals surface area contributed by atoms with Crippen molar-refractivity contribution in [2.45, 2.75) is 38.3 Å². The fraction of sp³-hybridized carbons (Fsp3) is 0.389. The Labute approximate surface area is 147 Å². The molecule has 0 saturated carbocycles. The zero-order chi connectivity index (χ0) is 18.2. The maximum absolute atomic E-state index is 12.7. The van der Waals surface area contributed by atoms with E-state index in [0.29, 0.717) is 24.6 Å². The van der Waals surface area contributed by atoms with Gasteiger partial charge in [0.1, 0.15) is 5.82 Å². The molecule has 1 aliphatic heterocycles. The van der Waals surface area contributed by atoms with E-state index in [4.69, 9.17) is 0 Å². The quantitative estimate of drug-likeness (QED) is 0.836. The Morgan fingerprint density at radius 2 is 1.88 bits per heavy atom. The van der Waals surface area contributed by atoms with E-state index in [1.165, 1.54) is 12.1 Å². The highest BCUT2D eigenvalue weighted by molar-refractivity contribution is 7.90. The molecule has 0 unspecified atom stereocenters. The van der Waals surface area contributed by atoms with Gasteiger partial charge in [-0.25, -0.2) is 18.4 Å². The number of carbonyl (C=O) groups is 1. The van der Waals surface area contributed by atoms with E-state index in [0.717, 1.165) is 29.8 Å². The van der Waals surface area contributed by atoms with Gasteiger partial charge >= 0.3 is 0 Å². The lowest BCUT2D eigenvalue weighted by Gasteiger charge is -2.15. The molecule has 0 N–H and O–H groups in total. The number of amides is 1. The fourth-order valence-electron chi connectivity index (χ4n) is 2.83. The van der Waals surface area contributed by atoms with Gasteiger partial charge in [0.05, 0.1) is 17.1 Å². The zero-order valence-corrected chi connectivity index (χ0v) is 15.4. The normalized spacial score (nSPS) is 14.0. The summed E-state index contributed by atoms with van der Waals surface area (Å²) >= 11 is 0. The summed E-state index contributed by atoms with van der Waals surface area (Å²) < 4.78 is 23.0. The van der Waals surface area contributed by atoms with Crippen LogP contribution in [0.5, 0.6) is 0 Å². The molecular formula is C18H21N3O3S. The highest BCUT2D eigenvalue weighted by Gasteiger charge is 2.26. The summed E-state index contributed by atoms with van der Waals surface area (Å²) in [7, 11) is -3.27. The van der Waals surface area contributed by atoms with Crippen LogP contribution in [0.3, 0.4) is 0 Å². The molecule has 6 nitrogen and oxygen atoms in total. The summed E-state index contributed by atoms with van der Waals surface area (Å²) in [5, 5.41) is 0. The van der Waals surface area contributed by atoms with Crippen molar-refractivity contribution < 1.29 is 13.2 Å². The Bertz CT molecular complexity index is 906. The van der Waals surface area contributed by atoms with Gasteiger partial charge in [0.2, 0.25) is 0 Å². The first-order valence-electron chi connectivity index (χ1n) is 8.17. The Hall–Kier alpha value is -2.28. The Balaban J connectivity index is 1.76. The number of aromatic nitrogens is 2. The number of rotatable bonds is 4. The second kappa shape index (κ2) is 6.55. The minimum Gasteiger partial charge on any atom is -0.328 e. The average Bonchev–Trinajstić information content (AvgIpc) is 2.96. The molecule has 2 aromatic rings. The molecule has 0 saturated heterocycles. The van der Waals surface area contributed by atoms with Crippen molar-refractivity contribution in [3.05, 3.63) is 53.1 Å². The van der Waals surface area contributed by atoms with Crippen LogP contribution in [0.2, 0.25) is 0 Å². The van der Waals surface area contributed by atoms with Gasteiger partial charge in [0, 0.05) is 36.5 Å². The van der Waals surface area contributed by atoms with Crippen LogP contribution in [0, 0.1) is 5.92 Å². The largest absolute Gasteiger partial charge is 0.328 e.